The molecule has 0 saturated heterocycles. The van der Waals surface area contributed by atoms with Gasteiger partial charge in [-0.2, -0.15) is 0 Å². The third-order valence-electron chi connectivity index (χ3n) is 8.82. The van der Waals surface area contributed by atoms with Gasteiger partial charge in [-0.3, -0.25) is 0 Å². The molecule has 44 heavy (non-hydrogen) atoms. The summed E-state index contributed by atoms with van der Waals surface area (Å²) < 4.78 is 6.33. The molecule has 0 fully saturated rings. The first-order valence-corrected chi connectivity index (χ1v) is 15.0. The molecule has 0 aliphatic rings. The zero-order valence-electron chi connectivity index (χ0n) is 23.9. The molecular formula is C42H27NO. The van der Waals surface area contributed by atoms with Crippen molar-refractivity contribution in [1.29, 1.82) is 0 Å². The molecule has 0 saturated carbocycles. The minimum absolute atomic E-state index is 0.882. The van der Waals surface area contributed by atoms with E-state index in [4.69, 9.17) is 4.42 Å². The van der Waals surface area contributed by atoms with Crippen molar-refractivity contribution in [3.8, 4) is 11.1 Å². The molecule has 0 amide bonds. The van der Waals surface area contributed by atoms with Gasteiger partial charge in [-0.15, -0.1) is 0 Å². The summed E-state index contributed by atoms with van der Waals surface area (Å²) in [4.78, 5) is 2.37. The van der Waals surface area contributed by atoms with Gasteiger partial charge in [-0.1, -0.05) is 115 Å². The number of furan rings is 1. The molecule has 8 aromatic carbocycles. The number of hydrogen-bond acceptors (Lipinski definition) is 2. The maximum Gasteiger partial charge on any atom is 0.137 e. The molecule has 2 nitrogen and oxygen atoms in total. The summed E-state index contributed by atoms with van der Waals surface area (Å²) in [7, 11) is 0. The van der Waals surface area contributed by atoms with Crippen molar-refractivity contribution in [2.24, 2.45) is 0 Å². The van der Waals surface area contributed by atoms with Crippen molar-refractivity contribution in [1.82, 2.24) is 0 Å². The van der Waals surface area contributed by atoms with Crippen LogP contribution < -0.4 is 4.90 Å². The lowest BCUT2D eigenvalue weighted by atomic mass is 9.99. The molecule has 2 heteroatoms. The maximum atomic E-state index is 6.33. The quantitative estimate of drug-likeness (QED) is 0.199. The standard InChI is InChI=1S/C42H27NO/c1-2-10-32-26-33(19-16-28(32)8-1)29-20-23-34(24-21-29)43(39-13-7-15-41-42(39)37-12-5-6-14-40(37)44-41)35-25-22-31-18-17-30-9-3-4-11-36(30)38(31)27-35/h1-27H. The van der Waals surface area contributed by atoms with Gasteiger partial charge in [0.15, 0.2) is 0 Å². The fourth-order valence-corrected chi connectivity index (χ4v) is 6.67. The summed E-state index contributed by atoms with van der Waals surface area (Å²) in [5.41, 5.74) is 7.46. The average Bonchev–Trinajstić information content (AvgIpc) is 3.48. The average molecular weight is 562 g/mol. The Balaban J connectivity index is 1.26. The van der Waals surface area contributed by atoms with Crippen molar-refractivity contribution in [3.05, 3.63) is 164 Å². The van der Waals surface area contributed by atoms with Gasteiger partial charge in [0.05, 0.1) is 11.1 Å². The molecule has 0 bridgehead atoms. The molecule has 9 aromatic rings. The summed E-state index contributed by atoms with van der Waals surface area (Å²) in [5.74, 6) is 0. The van der Waals surface area contributed by atoms with Crippen LogP contribution in [-0.4, -0.2) is 0 Å². The molecule has 0 radical (unpaired) electrons. The van der Waals surface area contributed by atoms with E-state index in [-0.39, 0.29) is 0 Å². The largest absolute Gasteiger partial charge is 0.456 e. The normalized spacial score (nSPS) is 11.6. The van der Waals surface area contributed by atoms with Crippen LogP contribution in [0, 0.1) is 0 Å². The molecule has 0 N–H and O–H groups in total. The van der Waals surface area contributed by atoms with Crippen molar-refractivity contribution in [2.75, 3.05) is 4.90 Å². The van der Waals surface area contributed by atoms with Crippen LogP contribution in [0.15, 0.2) is 168 Å². The van der Waals surface area contributed by atoms with E-state index in [2.05, 4.69) is 157 Å². The van der Waals surface area contributed by atoms with Crippen LogP contribution in [0.3, 0.4) is 0 Å². The topological polar surface area (TPSA) is 16.4 Å². The van der Waals surface area contributed by atoms with Gasteiger partial charge in [0, 0.05) is 16.8 Å². The molecule has 9 rings (SSSR count). The summed E-state index contributed by atoms with van der Waals surface area (Å²) >= 11 is 0. The molecule has 0 spiro atoms. The smallest absolute Gasteiger partial charge is 0.137 e. The van der Waals surface area contributed by atoms with E-state index in [9.17, 15) is 0 Å². The highest BCUT2D eigenvalue weighted by Crippen LogP contribution is 2.44. The van der Waals surface area contributed by atoms with Gasteiger partial charge < -0.3 is 9.32 Å². The molecule has 206 valence electrons. The number of hydrogen-bond donors (Lipinski definition) is 0. The van der Waals surface area contributed by atoms with Crippen molar-refractivity contribution in [2.45, 2.75) is 0 Å². The van der Waals surface area contributed by atoms with E-state index in [0.717, 1.165) is 39.0 Å². The van der Waals surface area contributed by atoms with E-state index < -0.39 is 0 Å². The molecular weight excluding hydrogens is 534 g/mol. The Labute approximate surface area is 255 Å². The first kappa shape index (κ1) is 24.7. The van der Waals surface area contributed by atoms with Crippen LogP contribution in [0.5, 0.6) is 0 Å². The summed E-state index contributed by atoms with van der Waals surface area (Å²) in [6.07, 6.45) is 0. The van der Waals surface area contributed by atoms with Crippen LogP contribution in [0.4, 0.5) is 17.1 Å². The van der Waals surface area contributed by atoms with E-state index in [1.54, 1.807) is 0 Å². The Bertz CT molecular complexity index is 2500. The van der Waals surface area contributed by atoms with Gasteiger partial charge in [-0.25, -0.2) is 0 Å². The second-order valence-corrected chi connectivity index (χ2v) is 11.4. The molecule has 0 aliphatic heterocycles. The number of nitrogens with zero attached hydrogens (tertiary/aromatic N) is 1. The Morgan fingerprint density at radius 3 is 1.84 bits per heavy atom. The van der Waals surface area contributed by atoms with Gasteiger partial charge in [0.2, 0.25) is 0 Å². The van der Waals surface area contributed by atoms with E-state index in [0.29, 0.717) is 0 Å². The highest BCUT2D eigenvalue weighted by atomic mass is 16.3. The van der Waals surface area contributed by atoms with Gasteiger partial charge in [0.1, 0.15) is 11.2 Å². The molecule has 1 heterocycles. The van der Waals surface area contributed by atoms with Crippen LogP contribution in [-0.2, 0) is 0 Å². The van der Waals surface area contributed by atoms with E-state index in [1.807, 2.05) is 12.1 Å². The van der Waals surface area contributed by atoms with E-state index >= 15 is 0 Å². The van der Waals surface area contributed by atoms with Crippen LogP contribution >= 0.6 is 0 Å². The van der Waals surface area contributed by atoms with Gasteiger partial charge in [-0.05, 0) is 92.0 Å². The summed E-state index contributed by atoms with van der Waals surface area (Å²) in [6, 6.07) is 58.7. The van der Waals surface area contributed by atoms with Gasteiger partial charge >= 0.3 is 0 Å². The fourth-order valence-electron chi connectivity index (χ4n) is 6.67. The number of rotatable bonds is 4. The fraction of sp³-hybridized carbons (Fsp3) is 0. The Hall–Kier alpha value is -5.86. The first-order chi connectivity index (χ1) is 21.8. The number of fused-ring (bicyclic) bond motifs is 7. The number of para-hydroxylation sites is 1. The van der Waals surface area contributed by atoms with Crippen LogP contribution in [0.2, 0.25) is 0 Å². The van der Waals surface area contributed by atoms with Crippen molar-refractivity contribution < 1.29 is 4.42 Å². The second kappa shape index (κ2) is 9.86. The van der Waals surface area contributed by atoms with Gasteiger partial charge in [0.25, 0.3) is 0 Å². The number of anilines is 3. The number of benzene rings is 8. The SMILES string of the molecule is c1ccc2cc(-c3ccc(N(c4ccc5ccc6ccccc6c5c4)c4cccc5oc6ccccc6c45)cc3)ccc2c1. The monoisotopic (exact) mass is 561 g/mol. The minimum Gasteiger partial charge on any atom is -0.456 e. The summed E-state index contributed by atoms with van der Waals surface area (Å²) in [6.45, 7) is 0. The molecule has 0 aliphatic carbocycles. The Morgan fingerprint density at radius 2 is 0.977 bits per heavy atom. The lowest BCUT2D eigenvalue weighted by molar-refractivity contribution is 0.669. The van der Waals surface area contributed by atoms with Crippen LogP contribution in [0.1, 0.15) is 0 Å². The maximum absolute atomic E-state index is 6.33. The Kier molecular flexibility index (Phi) is 5.54. The highest BCUT2D eigenvalue weighted by Gasteiger charge is 2.20. The summed E-state index contributed by atoms with van der Waals surface area (Å²) in [5, 5.41) is 9.69. The highest BCUT2D eigenvalue weighted by molar-refractivity contribution is 6.14. The zero-order chi connectivity index (χ0) is 29.0. The lowest BCUT2D eigenvalue weighted by Crippen LogP contribution is -2.10. The lowest BCUT2D eigenvalue weighted by Gasteiger charge is -2.27. The predicted molar refractivity (Wildman–Crippen MR) is 186 cm³/mol. The van der Waals surface area contributed by atoms with Crippen LogP contribution in [0.25, 0.3) is 65.4 Å². The van der Waals surface area contributed by atoms with Crippen molar-refractivity contribution in [3.63, 3.8) is 0 Å². The van der Waals surface area contributed by atoms with E-state index in [1.165, 1.54) is 43.4 Å². The molecule has 1 aromatic heterocycles. The molecule has 0 unspecified atom stereocenters. The third kappa shape index (κ3) is 3.96. The zero-order valence-corrected chi connectivity index (χ0v) is 23.9. The Morgan fingerprint density at radius 1 is 0.364 bits per heavy atom. The van der Waals surface area contributed by atoms with Crippen molar-refractivity contribution >= 4 is 71.3 Å². The first-order valence-electron chi connectivity index (χ1n) is 15.0. The minimum atomic E-state index is 0.882. The molecule has 0 atom stereocenters. The predicted octanol–water partition coefficient (Wildman–Crippen LogP) is 12.2. The third-order valence-corrected chi connectivity index (χ3v) is 8.82. The second-order valence-electron chi connectivity index (χ2n) is 11.4.